The quantitative estimate of drug-likeness (QED) is 0.922. The van der Waals surface area contributed by atoms with Crippen molar-refractivity contribution in [2.75, 3.05) is 18.6 Å². The fourth-order valence-corrected chi connectivity index (χ4v) is 2.56. The van der Waals surface area contributed by atoms with Crippen LogP contribution in [0.2, 0.25) is 0 Å². The summed E-state index contributed by atoms with van der Waals surface area (Å²) in [4.78, 5) is 11.4. The molecule has 1 aromatic heterocycles. The van der Waals surface area contributed by atoms with Crippen LogP contribution in [-0.2, 0) is 11.3 Å². The minimum atomic E-state index is 0.0958. The normalized spacial score (nSPS) is 22.6. The van der Waals surface area contributed by atoms with E-state index in [2.05, 4.69) is 54.9 Å². The van der Waals surface area contributed by atoms with Gasteiger partial charge in [-0.3, -0.25) is 0 Å². The number of rotatable bonds is 4. The fourth-order valence-electron chi connectivity index (χ4n) is 2.56. The predicted molar refractivity (Wildman–Crippen MR) is 85.6 cm³/mol. The van der Waals surface area contributed by atoms with Crippen molar-refractivity contribution >= 4 is 5.95 Å². The Balaban J connectivity index is 2.07. The van der Waals surface area contributed by atoms with Crippen LogP contribution in [0.25, 0.3) is 0 Å². The van der Waals surface area contributed by atoms with Crippen LogP contribution in [0.5, 0.6) is 0 Å². The lowest BCUT2D eigenvalue weighted by Gasteiger charge is -2.27. The first-order valence-electron chi connectivity index (χ1n) is 7.70. The molecule has 21 heavy (non-hydrogen) atoms. The minimum Gasteiger partial charge on any atom is -0.376 e. The van der Waals surface area contributed by atoms with Crippen molar-refractivity contribution in [2.24, 2.45) is 0 Å². The smallest absolute Gasteiger partial charge is 0.225 e. The molecule has 1 aliphatic heterocycles. The molecule has 2 rings (SSSR count). The molecule has 0 spiro atoms. The fraction of sp³-hybridized carbons (Fsp3) is 0.750. The first-order chi connectivity index (χ1) is 9.78. The molecule has 1 fully saturated rings. The highest BCUT2D eigenvalue weighted by Gasteiger charge is 2.29. The lowest BCUT2D eigenvalue weighted by molar-refractivity contribution is 0.118. The van der Waals surface area contributed by atoms with Gasteiger partial charge in [0, 0.05) is 43.2 Å². The zero-order valence-electron chi connectivity index (χ0n) is 14.1. The number of aryl methyl sites for hydroxylation is 1. The molecule has 1 saturated heterocycles. The van der Waals surface area contributed by atoms with Crippen molar-refractivity contribution in [1.82, 2.24) is 15.3 Å². The zero-order chi connectivity index (χ0) is 15.6. The molecule has 1 N–H and O–H groups in total. The standard InChI is InChI=1S/C16H28N4O/c1-11-13(10-18-16(3,4)5)9-17-15(19-11)20(6)14-7-8-21-12(14)2/h9,12,14,18H,7-8,10H2,1-6H3. The van der Waals surface area contributed by atoms with E-state index < -0.39 is 0 Å². The van der Waals surface area contributed by atoms with Gasteiger partial charge >= 0.3 is 0 Å². The summed E-state index contributed by atoms with van der Waals surface area (Å²) >= 11 is 0. The van der Waals surface area contributed by atoms with Gasteiger partial charge in [-0.2, -0.15) is 0 Å². The summed E-state index contributed by atoms with van der Waals surface area (Å²) in [6.07, 6.45) is 3.21. The van der Waals surface area contributed by atoms with E-state index in [9.17, 15) is 0 Å². The zero-order valence-corrected chi connectivity index (χ0v) is 14.1. The SMILES string of the molecule is Cc1nc(N(C)C2CCOC2C)ncc1CNC(C)(C)C. The molecule has 118 valence electrons. The molecule has 0 aliphatic carbocycles. The predicted octanol–water partition coefficient (Wildman–Crippen LogP) is 2.29. The Morgan fingerprint density at radius 1 is 1.43 bits per heavy atom. The van der Waals surface area contributed by atoms with Gasteiger partial charge in [-0.05, 0) is 41.0 Å². The largest absolute Gasteiger partial charge is 0.376 e. The molecule has 1 aromatic rings. The Bertz CT molecular complexity index is 484. The second kappa shape index (κ2) is 6.28. The molecule has 1 aliphatic rings. The van der Waals surface area contributed by atoms with Crippen molar-refractivity contribution in [3.8, 4) is 0 Å². The van der Waals surface area contributed by atoms with Crippen LogP contribution >= 0.6 is 0 Å². The summed E-state index contributed by atoms with van der Waals surface area (Å²) in [6, 6.07) is 0.364. The van der Waals surface area contributed by atoms with E-state index in [1.807, 2.05) is 13.1 Å². The lowest BCUT2D eigenvalue weighted by Crippen LogP contribution is -2.38. The molecule has 0 bridgehead atoms. The number of hydrogen-bond donors (Lipinski definition) is 1. The second-order valence-corrected chi connectivity index (χ2v) is 6.93. The molecule has 0 saturated carbocycles. The van der Waals surface area contributed by atoms with Crippen molar-refractivity contribution < 1.29 is 4.74 Å². The number of anilines is 1. The number of ether oxygens (including phenoxy) is 1. The van der Waals surface area contributed by atoms with Gasteiger partial charge in [0.1, 0.15) is 0 Å². The Labute approximate surface area is 128 Å². The second-order valence-electron chi connectivity index (χ2n) is 6.93. The van der Waals surface area contributed by atoms with Gasteiger partial charge in [0.25, 0.3) is 0 Å². The monoisotopic (exact) mass is 292 g/mol. The number of nitrogens with one attached hydrogen (secondary N) is 1. The Kier molecular flexibility index (Phi) is 4.84. The first kappa shape index (κ1) is 16.2. The van der Waals surface area contributed by atoms with Gasteiger partial charge in [0.05, 0.1) is 12.1 Å². The maximum Gasteiger partial charge on any atom is 0.225 e. The van der Waals surface area contributed by atoms with E-state index in [-0.39, 0.29) is 11.6 Å². The summed E-state index contributed by atoms with van der Waals surface area (Å²) in [5.41, 5.74) is 2.28. The molecule has 2 unspecified atom stereocenters. The van der Waals surface area contributed by atoms with Crippen LogP contribution in [0.15, 0.2) is 6.20 Å². The molecule has 0 aromatic carbocycles. The third kappa shape index (κ3) is 4.14. The first-order valence-corrected chi connectivity index (χ1v) is 7.70. The average molecular weight is 292 g/mol. The van der Waals surface area contributed by atoms with Crippen molar-refractivity contribution in [2.45, 2.75) is 65.3 Å². The molecular weight excluding hydrogens is 264 g/mol. The van der Waals surface area contributed by atoms with Crippen LogP contribution in [-0.4, -0.2) is 41.3 Å². The number of aromatic nitrogens is 2. The third-order valence-electron chi connectivity index (χ3n) is 4.03. The molecule has 2 atom stereocenters. The van der Waals surface area contributed by atoms with Crippen LogP contribution in [0.1, 0.15) is 45.4 Å². The molecule has 2 heterocycles. The van der Waals surface area contributed by atoms with Gasteiger partial charge in [-0.1, -0.05) is 0 Å². The third-order valence-corrected chi connectivity index (χ3v) is 4.03. The average Bonchev–Trinajstić information content (AvgIpc) is 2.81. The summed E-state index contributed by atoms with van der Waals surface area (Å²) in [7, 11) is 2.05. The van der Waals surface area contributed by atoms with Crippen LogP contribution in [0, 0.1) is 6.92 Å². The van der Waals surface area contributed by atoms with Crippen molar-refractivity contribution in [3.63, 3.8) is 0 Å². The molecule has 0 amide bonds. The van der Waals surface area contributed by atoms with Gasteiger partial charge < -0.3 is 15.0 Å². The molecule has 5 heteroatoms. The summed E-state index contributed by atoms with van der Waals surface area (Å²) in [5, 5.41) is 3.48. The van der Waals surface area contributed by atoms with Gasteiger partial charge in [0.2, 0.25) is 5.95 Å². The van der Waals surface area contributed by atoms with Crippen molar-refractivity contribution in [1.29, 1.82) is 0 Å². The van der Waals surface area contributed by atoms with E-state index in [1.165, 1.54) is 0 Å². The maximum atomic E-state index is 5.63. The Morgan fingerprint density at radius 3 is 2.67 bits per heavy atom. The maximum absolute atomic E-state index is 5.63. The minimum absolute atomic E-state index is 0.0958. The van der Waals surface area contributed by atoms with Gasteiger partial charge in [0.15, 0.2) is 0 Å². The highest BCUT2D eigenvalue weighted by atomic mass is 16.5. The van der Waals surface area contributed by atoms with Crippen LogP contribution in [0.4, 0.5) is 5.95 Å². The Morgan fingerprint density at radius 2 is 2.14 bits per heavy atom. The highest BCUT2D eigenvalue weighted by molar-refractivity contribution is 5.34. The van der Waals surface area contributed by atoms with E-state index in [0.29, 0.717) is 6.04 Å². The number of hydrogen-bond acceptors (Lipinski definition) is 5. The van der Waals surface area contributed by atoms with E-state index in [1.54, 1.807) is 0 Å². The van der Waals surface area contributed by atoms with Gasteiger partial charge in [-0.15, -0.1) is 0 Å². The van der Waals surface area contributed by atoms with E-state index in [0.717, 1.165) is 36.8 Å². The molecule has 5 nitrogen and oxygen atoms in total. The number of nitrogens with zero attached hydrogens (tertiary/aromatic N) is 3. The van der Waals surface area contributed by atoms with Gasteiger partial charge in [-0.25, -0.2) is 9.97 Å². The van der Waals surface area contributed by atoms with Crippen molar-refractivity contribution in [3.05, 3.63) is 17.5 Å². The van der Waals surface area contributed by atoms with Crippen LogP contribution < -0.4 is 10.2 Å². The topological polar surface area (TPSA) is 50.3 Å². The highest BCUT2D eigenvalue weighted by Crippen LogP contribution is 2.22. The summed E-state index contributed by atoms with van der Waals surface area (Å²) < 4.78 is 5.63. The lowest BCUT2D eigenvalue weighted by atomic mass is 10.1. The summed E-state index contributed by atoms with van der Waals surface area (Å²) in [6.45, 7) is 12.3. The van der Waals surface area contributed by atoms with E-state index >= 15 is 0 Å². The van der Waals surface area contributed by atoms with E-state index in [4.69, 9.17) is 4.74 Å². The number of likely N-dealkylation sites (N-methyl/N-ethyl adjacent to an activating group) is 1. The Hall–Kier alpha value is -1.20. The summed E-state index contributed by atoms with van der Waals surface area (Å²) in [5.74, 6) is 0.786. The molecule has 0 radical (unpaired) electrons. The molecular formula is C16H28N4O. The van der Waals surface area contributed by atoms with Crippen LogP contribution in [0.3, 0.4) is 0 Å².